The van der Waals surface area contributed by atoms with Crippen LogP contribution >= 0.6 is 0 Å². The Hall–Kier alpha value is -2.20. The van der Waals surface area contributed by atoms with E-state index in [1.165, 1.54) is 6.07 Å². The van der Waals surface area contributed by atoms with Crippen LogP contribution in [0, 0.1) is 5.82 Å². The minimum absolute atomic E-state index is 0.120. The lowest BCUT2D eigenvalue weighted by Crippen LogP contribution is -2.44. The van der Waals surface area contributed by atoms with Crippen LogP contribution in [0.3, 0.4) is 0 Å². The second-order valence-electron chi connectivity index (χ2n) is 10.5. The molecule has 10 heteroatoms. The lowest BCUT2D eigenvalue weighted by Gasteiger charge is -2.32. The molecule has 0 N–H and O–H groups in total. The van der Waals surface area contributed by atoms with Crippen molar-refractivity contribution in [3.63, 3.8) is 0 Å². The number of hydrogen-bond donors (Lipinski definition) is 0. The molecule has 2 saturated heterocycles. The summed E-state index contributed by atoms with van der Waals surface area (Å²) in [5.74, 6) is -1.43. The number of amides is 1. The van der Waals surface area contributed by atoms with Crippen LogP contribution in [-0.4, -0.2) is 59.6 Å². The van der Waals surface area contributed by atoms with Gasteiger partial charge in [0.05, 0.1) is 17.7 Å². The van der Waals surface area contributed by atoms with Crippen LogP contribution < -0.4 is 5.46 Å². The molecule has 2 heterocycles. The molecule has 182 valence electrons. The smallest absolute Gasteiger partial charge is 0.459 e. The predicted octanol–water partition coefficient (Wildman–Crippen LogP) is 3.52. The van der Waals surface area contributed by atoms with Crippen LogP contribution in [-0.2, 0) is 30.2 Å². The number of ether oxygens (including phenoxy) is 2. The van der Waals surface area contributed by atoms with Gasteiger partial charge < -0.3 is 18.8 Å². The largest absolute Gasteiger partial charge is 0.497 e. The second-order valence-corrected chi connectivity index (χ2v) is 10.5. The van der Waals surface area contributed by atoms with E-state index in [1.807, 2.05) is 27.7 Å². The predicted molar refractivity (Wildman–Crippen MR) is 118 cm³/mol. The fraction of sp³-hybridized carbons (Fsp3) is 0.652. The number of alkyl halides is 1. The zero-order valence-corrected chi connectivity index (χ0v) is 20.2. The SMILES string of the molecule is CC(C)(C)OC(=O)N1C[C@H](F)C[C@H]1C(=O)OCc1cccc(B2OC(C)(C)C(C)(C)O2)c1F. The van der Waals surface area contributed by atoms with Gasteiger partial charge in [0.2, 0.25) is 0 Å². The number of esters is 1. The Morgan fingerprint density at radius 1 is 1.18 bits per heavy atom. The number of benzene rings is 1. The third kappa shape index (κ3) is 5.49. The highest BCUT2D eigenvalue weighted by atomic mass is 19.1. The topological polar surface area (TPSA) is 74.3 Å². The fourth-order valence-corrected chi connectivity index (χ4v) is 3.64. The zero-order valence-electron chi connectivity index (χ0n) is 20.2. The van der Waals surface area contributed by atoms with E-state index in [4.69, 9.17) is 18.8 Å². The minimum atomic E-state index is -1.38. The van der Waals surface area contributed by atoms with E-state index >= 15 is 4.39 Å². The van der Waals surface area contributed by atoms with Gasteiger partial charge in [-0.2, -0.15) is 0 Å². The molecule has 33 heavy (non-hydrogen) atoms. The maximum absolute atomic E-state index is 15.2. The molecule has 1 aromatic carbocycles. The van der Waals surface area contributed by atoms with Gasteiger partial charge in [-0.15, -0.1) is 0 Å². The highest BCUT2D eigenvalue weighted by Gasteiger charge is 2.52. The van der Waals surface area contributed by atoms with Gasteiger partial charge in [0.1, 0.15) is 30.2 Å². The molecule has 1 aromatic rings. The van der Waals surface area contributed by atoms with E-state index in [1.54, 1.807) is 32.9 Å². The summed E-state index contributed by atoms with van der Waals surface area (Å²) in [5, 5.41) is 0. The van der Waals surface area contributed by atoms with Gasteiger partial charge in [-0.3, -0.25) is 4.90 Å². The van der Waals surface area contributed by atoms with Crippen LogP contribution in [0.15, 0.2) is 18.2 Å². The summed E-state index contributed by atoms with van der Waals surface area (Å²) in [6, 6.07) is 3.52. The lowest BCUT2D eigenvalue weighted by molar-refractivity contribution is -0.150. The normalized spacial score (nSPS) is 24.2. The zero-order chi connectivity index (χ0) is 24.8. The quantitative estimate of drug-likeness (QED) is 0.499. The summed E-state index contributed by atoms with van der Waals surface area (Å²) in [6.45, 7) is 11.9. The number of carbonyl (C=O) groups is 2. The maximum Gasteiger partial charge on any atom is 0.497 e. The summed E-state index contributed by atoms with van der Waals surface area (Å²) in [5.41, 5.74) is -1.75. The lowest BCUT2D eigenvalue weighted by atomic mass is 9.78. The van der Waals surface area contributed by atoms with E-state index < -0.39 is 54.0 Å². The summed E-state index contributed by atoms with van der Waals surface area (Å²) < 4.78 is 51.6. The van der Waals surface area contributed by atoms with E-state index in [0.717, 1.165) is 4.90 Å². The van der Waals surface area contributed by atoms with Crippen molar-refractivity contribution in [1.82, 2.24) is 4.90 Å². The maximum atomic E-state index is 15.2. The number of carbonyl (C=O) groups excluding carboxylic acids is 2. The monoisotopic (exact) mass is 467 g/mol. The first kappa shape index (κ1) is 25.4. The third-order valence-electron chi connectivity index (χ3n) is 6.14. The van der Waals surface area contributed by atoms with Gasteiger partial charge in [-0.05, 0) is 48.5 Å². The van der Waals surface area contributed by atoms with Gasteiger partial charge >= 0.3 is 19.2 Å². The average Bonchev–Trinajstić information content (AvgIpc) is 3.16. The first-order valence-electron chi connectivity index (χ1n) is 11.0. The van der Waals surface area contributed by atoms with Crippen molar-refractivity contribution in [3.05, 3.63) is 29.6 Å². The van der Waals surface area contributed by atoms with Gasteiger partial charge in [-0.25, -0.2) is 18.4 Å². The molecule has 0 unspecified atom stereocenters. The number of nitrogens with zero attached hydrogens (tertiary/aromatic N) is 1. The summed E-state index contributed by atoms with van der Waals surface area (Å²) in [7, 11) is -0.907. The molecular formula is C23H32BF2NO6. The molecule has 2 aliphatic rings. The van der Waals surface area contributed by atoms with Crippen LogP contribution in [0.1, 0.15) is 60.5 Å². The Labute approximate surface area is 193 Å². The number of rotatable bonds is 4. The Kier molecular flexibility index (Phi) is 6.83. The van der Waals surface area contributed by atoms with Crippen LogP contribution in [0.4, 0.5) is 13.6 Å². The number of likely N-dealkylation sites (tertiary alicyclic amines) is 1. The Morgan fingerprint density at radius 3 is 2.36 bits per heavy atom. The molecule has 7 nitrogen and oxygen atoms in total. The molecule has 2 atom stereocenters. The highest BCUT2D eigenvalue weighted by Crippen LogP contribution is 2.36. The van der Waals surface area contributed by atoms with Crippen molar-refractivity contribution < 1.29 is 37.2 Å². The number of halogens is 2. The van der Waals surface area contributed by atoms with Crippen molar-refractivity contribution in [1.29, 1.82) is 0 Å². The van der Waals surface area contributed by atoms with E-state index in [2.05, 4.69) is 0 Å². The molecular weight excluding hydrogens is 435 g/mol. The molecule has 1 amide bonds. The van der Waals surface area contributed by atoms with Crippen molar-refractivity contribution >= 4 is 24.6 Å². The molecule has 2 aliphatic heterocycles. The Morgan fingerprint density at radius 2 is 1.79 bits per heavy atom. The van der Waals surface area contributed by atoms with Gasteiger partial charge in [0.25, 0.3) is 0 Å². The summed E-state index contributed by atoms with van der Waals surface area (Å²) in [6.07, 6.45) is -2.37. The molecule has 0 saturated carbocycles. The van der Waals surface area contributed by atoms with Gasteiger partial charge in [0.15, 0.2) is 0 Å². The van der Waals surface area contributed by atoms with E-state index in [9.17, 15) is 14.0 Å². The Balaban J connectivity index is 1.69. The average molecular weight is 467 g/mol. The molecule has 0 bridgehead atoms. The molecule has 0 spiro atoms. The fourth-order valence-electron chi connectivity index (χ4n) is 3.64. The van der Waals surface area contributed by atoms with Crippen molar-refractivity contribution in [2.75, 3.05) is 6.54 Å². The van der Waals surface area contributed by atoms with Gasteiger partial charge in [-0.1, -0.05) is 18.2 Å². The molecule has 0 aliphatic carbocycles. The summed E-state index contributed by atoms with van der Waals surface area (Å²) in [4.78, 5) is 26.1. The van der Waals surface area contributed by atoms with E-state index in [-0.39, 0.29) is 30.6 Å². The standard InChI is InChI=1S/C23H32BF2NO6/c1-21(2,3)31-20(29)27-12-15(25)11-17(27)19(28)30-13-14-9-8-10-16(18(14)26)24-32-22(4,5)23(6,7)33-24/h8-10,15,17H,11-13H2,1-7H3/t15-,17+/m1/s1. The van der Waals surface area contributed by atoms with Gasteiger partial charge in [0, 0.05) is 17.4 Å². The highest BCUT2D eigenvalue weighted by molar-refractivity contribution is 6.62. The van der Waals surface area contributed by atoms with Crippen LogP contribution in [0.5, 0.6) is 0 Å². The molecule has 2 fully saturated rings. The van der Waals surface area contributed by atoms with E-state index in [0.29, 0.717) is 0 Å². The van der Waals surface area contributed by atoms with Crippen molar-refractivity contribution in [2.45, 2.75) is 90.5 Å². The van der Waals surface area contributed by atoms with Crippen molar-refractivity contribution in [2.24, 2.45) is 0 Å². The second kappa shape index (κ2) is 8.87. The van der Waals surface area contributed by atoms with Crippen LogP contribution in [0.25, 0.3) is 0 Å². The van der Waals surface area contributed by atoms with Crippen molar-refractivity contribution in [3.8, 4) is 0 Å². The molecule has 0 aromatic heterocycles. The number of hydrogen-bond acceptors (Lipinski definition) is 6. The summed E-state index contributed by atoms with van der Waals surface area (Å²) >= 11 is 0. The Bertz CT molecular complexity index is 901. The first-order chi connectivity index (χ1) is 15.1. The molecule has 0 radical (unpaired) electrons. The molecule has 3 rings (SSSR count). The van der Waals surface area contributed by atoms with Crippen LogP contribution in [0.2, 0.25) is 0 Å². The minimum Gasteiger partial charge on any atom is -0.459 e. The third-order valence-corrected chi connectivity index (χ3v) is 6.14. The first-order valence-corrected chi connectivity index (χ1v) is 11.0.